The van der Waals surface area contributed by atoms with E-state index in [2.05, 4.69) is 4.18 Å². The topological polar surface area (TPSA) is 99.1 Å². The quantitative estimate of drug-likeness (QED) is 0.478. The molecule has 1 fully saturated rings. The number of ether oxygens (including phenoxy) is 2. The van der Waals surface area contributed by atoms with E-state index in [1.165, 1.54) is 6.92 Å². The molecule has 0 aliphatic carbocycles. The Hall–Kier alpha value is -0.540. The Balaban J connectivity index is 2.62. The lowest BCUT2D eigenvalue weighted by Crippen LogP contribution is -2.31. The monoisotopic (exact) mass is 254 g/mol. The highest BCUT2D eigenvalue weighted by molar-refractivity contribution is 7.85. The van der Waals surface area contributed by atoms with Crippen LogP contribution >= 0.6 is 0 Å². The largest absolute Gasteiger partial charge is 0.394 e. The number of carbonyl (C=O) groups excluding carboxylic acids is 1. The van der Waals surface area contributed by atoms with Gasteiger partial charge in [-0.3, -0.25) is 8.98 Å². The third-order valence-corrected chi connectivity index (χ3v) is 2.59. The summed E-state index contributed by atoms with van der Waals surface area (Å²) in [6.07, 6.45) is -0.238. The van der Waals surface area contributed by atoms with E-state index in [4.69, 9.17) is 14.6 Å². The lowest BCUT2D eigenvalue weighted by molar-refractivity contribution is -0.170. The van der Waals surface area contributed by atoms with Crippen molar-refractivity contribution in [2.75, 3.05) is 19.5 Å². The van der Waals surface area contributed by atoms with Gasteiger partial charge in [-0.1, -0.05) is 0 Å². The summed E-state index contributed by atoms with van der Waals surface area (Å²) in [5, 5.41) is 8.97. The van der Waals surface area contributed by atoms with Crippen LogP contribution in [0.25, 0.3) is 0 Å². The fourth-order valence-corrected chi connectivity index (χ4v) is 1.70. The minimum atomic E-state index is -3.59. The Morgan fingerprint density at radius 2 is 2.00 bits per heavy atom. The van der Waals surface area contributed by atoms with Crippen molar-refractivity contribution >= 4 is 16.4 Å². The second kappa shape index (κ2) is 4.76. The predicted octanol–water partition coefficient (Wildman–Crippen LogP) is -1.35. The molecule has 0 spiro atoms. The molecule has 0 saturated carbocycles. The summed E-state index contributed by atoms with van der Waals surface area (Å²) in [6, 6.07) is 0. The van der Waals surface area contributed by atoms with E-state index < -0.39 is 28.1 Å². The Kier molecular flexibility index (Phi) is 4.02. The maximum Gasteiger partial charge on any atom is 0.264 e. The van der Waals surface area contributed by atoms with Gasteiger partial charge in [0.1, 0.15) is 12.2 Å². The van der Waals surface area contributed by atoms with Gasteiger partial charge in [-0.2, -0.15) is 8.42 Å². The molecule has 7 nitrogen and oxygen atoms in total. The van der Waals surface area contributed by atoms with Crippen LogP contribution in [0.5, 0.6) is 0 Å². The van der Waals surface area contributed by atoms with Gasteiger partial charge in [0.15, 0.2) is 6.29 Å². The lowest BCUT2D eigenvalue weighted by atomic mass is 10.2. The molecule has 1 saturated heterocycles. The average Bonchev–Trinajstić information content (AvgIpc) is 2.52. The normalized spacial score (nSPS) is 35.2. The summed E-state index contributed by atoms with van der Waals surface area (Å²) in [5.41, 5.74) is 0. The molecule has 0 aromatic carbocycles. The number of aldehydes is 1. The maximum atomic E-state index is 10.8. The van der Waals surface area contributed by atoms with Crippen molar-refractivity contribution in [2.24, 2.45) is 0 Å². The Morgan fingerprint density at radius 1 is 1.44 bits per heavy atom. The van der Waals surface area contributed by atoms with Crippen LogP contribution in [0, 0.1) is 0 Å². The number of aliphatic hydroxyl groups excluding tert-OH is 1. The summed E-state index contributed by atoms with van der Waals surface area (Å²) < 4.78 is 36.3. The Bertz CT molecular complexity index is 351. The van der Waals surface area contributed by atoms with Gasteiger partial charge in [0, 0.05) is 0 Å². The van der Waals surface area contributed by atoms with E-state index in [9.17, 15) is 13.2 Å². The zero-order valence-corrected chi connectivity index (χ0v) is 9.77. The van der Waals surface area contributed by atoms with Crippen LogP contribution in [0.2, 0.25) is 0 Å². The first-order chi connectivity index (χ1) is 7.29. The van der Waals surface area contributed by atoms with Gasteiger partial charge in [0.25, 0.3) is 10.1 Å². The number of rotatable bonds is 5. The fourth-order valence-electron chi connectivity index (χ4n) is 1.32. The van der Waals surface area contributed by atoms with Crippen LogP contribution in [0.15, 0.2) is 0 Å². The molecular formula is C8H14O7S. The van der Waals surface area contributed by atoms with Crippen LogP contribution in [0.4, 0.5) is 0 Å². The summed E-state index contributed by atoms with van der Waals surface area (Å²) >= 11 is 0. The van der Waals surface area contributed by atoms with Gasteiger partial charge in [-0.25, -0.2) is 0 Å². The van der Waals surface area contributed by atoms with E-state index in [-0.39, 0.29) is 13.2 Å². The third kappa shape index (κ3) is 3.49. The van der Waals surface area contributed by atoms with Gasteiger partial charge in [0.2, 0.25) is 5.79 Å². The predicted molar refractivity (Wildman–Crippen MR) is 52.1 cm³/mol. The highest BCUT2D eigenvalue weighted by atomic mass is 32.2. The van der Waals surface area contributed by atoms with Crippen molar-refractivity contribution in [2.45, 2.75) is 24.9 Å². The highest BCUT2D eigenvalue weighted by Crippen LogP contribution is 2.27. The van der Waals surface area contributed by atoms with E-state index >= 15 is 0 Å². The van der Waals surface area contributed by atoms with Crippen LogP contribution in [0.1, 0.15) is 6.92 Å². The third-order valence-electron chi connectivity index (χ3n) is 2.03. The van der Waals surface area contributed by atoms with Crippen LogP contribution < -0.4 is 0 Å². The minimum absolute atomic E-state index is 0.298. The second-order valence-corrected chi connectivity index (χ2v) is 5.26. The minimum Gasteiger partial charge on any atom is -0.394 e. The van der Waals surface area contributed by atoms with Crippen molar-refractivity contribution in [3.63, 3.8) is 0 Å². The zero-order valence-electron chi connectivity index (χ0n) is 8.95. The molecule has 1 aliphatic rings. The fraction of sp³-hybridized carbons (Fsp3) is 0.875. The van der Waals surface area contributed by atoms with Crippen LogP contribution in [0.3, 0.4) is 0 Å². The molecule has 16 heavy (non-hydrogen) atoms. The molecule has 0 radical (unpaired) electrons. The Morgan fingerprint density at radius 3 is 2.44 bits per heavy atom. The van der Waals surface area contributed by atoms with Gasteiger partial charge in [-0.05, 0) is 6.92 Å². The zero-order chi connectivity index (χ0) is 12.4. The van der Waals surface area contributed by atoms with Crippen molar-refractivity contribution < 1.29 is 32.0 Å². The van der Waals surface area contributed by atoms with Crippen molar-refractivity contribution in [3.8, 4) is 0 Å². The first-order valence-corrected chi connectivity index (χ1v) is 6.38. The Labute approximate surface area is 93.4 Å². The first-order valence-electron chi connectivity index (χ1n) is 4.57. The number of hydrogen-bond donors (Lipinski definition) is 1. The van der Waals surface area contributed by atoms with Gasteiger partial charge >= 0.3 is 0 Å². The SMILES string of the molecule is CC1(C=O)O[C@@H](CO)[C@H](COS(C)(=O)=O)O1. The molecule has 1 aliphatic heterocycles. The molecule has 3 atom stereocenters. The standard InChI is InChI=1S/C8H14O7S/c1-8(5-10)14-6(3-9)7(15-8)4-13-16(2,11)12/h5-7,9H,3-4H2,1-2H3/t6-,7-,8?/m0/s1. The smallest absolute Gasteiger partial charge is 0.264 e. The second-order valence-electron chi connectivity index (χ2n) is 3.62. The van der Waals surface area contributed by atoms with Crippen molar-refractivity contribution in [1.82, 2.24) is 0 Å². The maximum absolute atomic E-state index is 10.8. The molecule has 0 amide bonds. The van der Waals surface area contributed by atoms with Crippen molar-refractivity contribution in [1.29, 1.82) is 0 Å². The summed E-state index contributed by atoms with van der Waals surface area (Å²) in [6.45, 7) is 0.692. The van der Waals surface area contributed by atoms with Crippen LogP contribution in [-0.4, -0.2) is 57.3 Å². The van der Waals surface area contributed by atoms with Gasteiger partial charge < -0.3 is 14.6 Å². The molecule has 1 unspecified atom stereocenters. The van der Waals surface area contributed by atoms with E-state index in [1.54, 1.807) is 0 Å². The van der Waals surface area contributed by atoms with E-state index in [1.807, 2.05) is 0 Å². The molecule has 8 heteroatoms. The first kappa shape index (κ1) is 13.5. The molecule has 0 bridgehead atoms. The van der Waals surface area contributed by atoms with E-state index in [0.29, 0.717) is 6.29 Å². The highest BCUT2D eigenvalue weighted by Gasteiger charge is 2.44. The molecule has 0 aromatic heterocycles. The lowest BCUT2D eigenvalue weighted by Gasteiger charge is -2.14. The number of aliphatic hydroxyl groups is 1. The van der Waals surface area contributed by atoms with Crippen LogP contribution in [-0.2, 0) is 28.6 Å². The number of carbonyl (C=O) groups is 1. The number of hydrogen-bond acceptors (Lipinski definition) is 7. The molecule has 94 valence electrons. The molecule has 0 aromatic rings. The summed E-state index contributed by atoms with van der Waals surface area (Å²) in [5.74, 6) is -1.46. The van der Waals surface area contributed by atoms with Gasteiger partial charge in [-0.15, -0.1) is 0 Å². The van der Waals surface area contributed by atoms with Crippen molar-refractivity contribution in [3.05, 3.63) is 0 Å². The molecule has 1 rings (SSSR count). The molecule has 1 N–H and O–H groups in total. The summed E-state index contributed by atoms with van der Waals surface area (Å²) in [7, 11) is -3.59. The van der Waals surface area contributed by atoms with Gasteiger partial charge in [0.05, 0.1) is 19.5 Å². The summed E-state index contributed by atoms with van der Waals surface area (Å²) in [4.78, 5) is 10.6. The van der Waals surface area contributed by atoms with E-state index in [0.717, 1.165) is 6.26 Å². The average molecular weight is 254 g/mol. The molecule has 1 heterocycles. The molecular weight excluding hydrogens is 240 g/mol.